The van der Waals surface area contributed by atoms with E-state index in [1.165, 1.54) is 161 Å². The summed E-state index contributed by atoms with van der Waals surface area (Å²) in [5.74, 6) is 0.945. The molecule has 0 aliphatic carbocycles. The Bertz CT molecular complexity index is 1800. The fourth-order valence-corrected chi connectivity index (χ4v) is 12.4. The molecule has 0 aromatic rings. The van der Waals surface area contributed by atoms with Crippen molar-refractivity contribution in [3.8, 4) is 0 Å². The number of ether oxygens (including phenoxy) is 4. The van der Waals surface area contributed by atoms with Gasteiger partial charge in [-0.3, -0.25) is 37.3 Å². The Morgan fingerprint density at radius 3 is 0.780 bits per heavy atom. The first-order valence-corrected chi connectivity index (χ1v) is 40.3. The van der Waals surface area contributed by atoms with Gasteiger partial charge in [-0.2, -0.15) is 0 Å². The van der Waals surface area contributed by atoms with Crippen LogP contribution in [0.5, 0.6) is 0 Å². The molecular formula is C72H140O17P2. The number of phosphoric ester groups is 2. The average Bonchev–Trinajstić information content (AvgIpc) is 3.17. The summed E-state index contributed by atoms with van der Waals surface area (Å²) in [4.78, 5) is 72.7. The van der Waals surface area contributed by atoms with E-state index in [1.807, 2.05) is 0 Å². The van der Waals surface area contributed by atoms with Gasteiger partial charge in [0.25, 0.3) is 0 Å². The smallest absolute Gasteiger partial charge is 0.462 e. The molecule has 0 rings (SSSR count). The molecule has 5 unspecified atom stereocenters. The Labute approximate surface area is 556 Å². The lowest BCUT2D eigenvalue weighted by molar-refractivity contribution is -0.161. The maximum atomic E-state index is 13.0. The summed E-state index contributed by atoms with van der Waals surface area (Å²) in [6, 6.07) is 0. The molecule has 17 nitrogen and oxygen atoms in total. The van der Waals surface area contributed by atoms with Crippen LogP contribution in [0.25, 0.3) is 0 Å². The summed E-state index contributed by atoms with van der Waals surface area (Å²) in [5, 5.41) is 10.6. The van der Waals surface area contributed by atoms with E-state index in [0.29, 0.717) is 25.7 Å². The van der Waals surface area contributed by atoms with E-state index in [1.54, 1.807) is 0 Å². The van der Waals surface area contributed by atoms with Crippen LogP contribution in [0.1, 0.15) is 357 Å². The largest absolute Gasteiger partial charge is 0.472 e. The minimum absolute atomic E-state index is 0.105. The zero-order valence-electron chi connectivity index (χ0n) is 59.5. The molecule has 0 aromatic carbocycles. The number of hydrogen-bond donors (Lipinski definition) is 3. The van der Waals surface area contributed by atoms with Crippen molar-refractivity contribution in [2.24, 2.45) is 23.7 Å². The van der Waals surface area contributed by atoms with Gasteiger partial charge in [0.15, 0.2) is 12.2 Å². The van der Waals surface area contributed by atoms with Crippen molar-refractivity contribution in [2.45, 2.75) is 375 Å². The molecule has 0 aliphatic rings. The topological polar surface area (TPSA) is 237 Å². The quantitative estimate of drug-likeness (QED) is 0.0222. The van der Waals surface area contributed by atoms with Crippen LogP contribution in [0.3, 0.4) is 0 Å². The van der Waals surface area contributed by atoms with E-state index in [2.05, 4.69) is 55.4 Å². The first kappa shape index (κ1) is 89.1. The maximum absolute atomic E-state index is 13.0. The molecule has 3 N–H and O–H groups in total. The number of aliphatic hydroxyl groups excluding tert-OH is 1. The summed E-state index contributed by atoms with van der Waals surface area (Å²) in [6.45, 7) is 14.2. The molecule has 19 heteroatoms. The maximum Gasteiger partial charge on any atom is 0.472 e. The van der Waals surface area contributed by atoms with Crippen molar-refractivity contribution >= 4 is 39.5 Å². The van der Waals surface area contributed by atoms with Crippen molar-refractivity contribution in [1.82, 2.24) is 0 Å². The van der Waals surface area contributed by atoms with Gasteiger partial charge in [-0.25, -0.2) is 9.13 Å². The van der Waals surface area contributed by atoms with E-state index in [0.717, 1.165) is 114 Å². The predicted molar refractivity (Wildman–Crippen MR) is 367 cm³/mol. The van der Waals surface area contributed by atoms with Crippen molar-refractivity contribution < 1.29 is 80.2 Å². The number of unbranched alkanes of at least 4 members (excludes halogenated alkanes) is 33. The van der Waals surface area contributed by atoms with Crippen LogP contribution in [-0.2, 0) is 65.4 Å². The van der Waals surface area contributed by atoms with Gasteiger partial charge in [0.1, 0.15) is 19.3 Å². The summed E-state index contributed by atoms with van der Waals surface area (Å²) in [5.41, 5.74) is 0. The fraction of sp³-hybridized carbons (Fsp3) is 0.944. The van der Waals surface area contributed by atoms with Crippen molar-refractivity contribution in [3.05, 3.63) is 0 Å². The van der Waals surface area contributed by atoms with E-state index >= 15 is 0 Å². The molecule has 0 bridgehead atoms. The first-order valence-electron chi connectivity index (χ1n) is 37.3. The molecule has 0 spiro atoms. The predicted octanol–water partition coefficient (Wildman–Crippen LogP) is 20.5. The highest BCUT2D eigenvalue weighted by atomic mass is 31.2. The molecule has 7 atom stereocenters. The summed E-state index contributed by atoms with van der Waals surface area (Å²) >= 11 is 0. The minimum Gasteiger partial charge on any atom is -0.462 e. The Kier molecular flexibility index (Phi) is 60.3. The van der Waals surface area contributed by atoms with E-state index in [4.69, 9.17) is 37.0 Å². The van der Waals surface area contributed by atoms with Crippen LogP contribution >= 0.6 is 15.6 Å². The molecular weight excluding hydrogens is 1200 g/mol. The van der Waals surface area contributed by atoms with Gasteiger partial charge in [-0.15, -0.1) is 0 Å². The second-order valence-electron chi connectivity index (χ2n) is 27.4. The number of hydrogen-bond acceptors (Lipinski definition) is 15. The number of rotatable bonds is 69. The SMILES string of the molecule is CCC(C)CCCCCCCCCCCCC(=O)O[C@H](COC(=O)CCCCCCCCCCC(C)C)COP(=O)(O)OCC(O)COP(=O)(O)OC[C@@H](COC(=O)CCCCCCCCCCC(C)CC)OC(=O)CCCCCCCCCCCCCC(C)C. The van der Waals surface area contributed by atoms with E-state index in [-0.39, 0.29) is 25.7 Å². The monoisotopic (exact) mass is 1340 g/mol. The standard InChI is InChI=1S/C72H140O17P2/c1-9-64(7)50-42-34-26-17-14-15-19-31-39-47-55-72(77)89-67(58-82-69(74)52-44-36-28-22-20-25-33-41-49-63(5)6)60-86-90(78,79)84-56-66(73)57-85-91(80,81)87-61-68(59-83-70(75)53-45-37-29-23-21-27-35-43-51-65(8)10-2)88-71(76)54-46-38-30-18-13-11-12-16-24-32-40-48-62(3)4/h62-68,73H,9-61H2,1-8H3,(H,78,79)(H,80,81)/t64?,65?,66?,67-,68-/m1/s1. The Morgan fingerprint density at radius 2 is 0.527 bits per heavy atom. The molecule has 0 saturated heterocycles. The number of esters is 4. The van der Waals surface area contributed by atoms with Crippen LogP contribution in [0.2, 0.25) is 0 Å². The zero-order chi connectivity index (χ0) is 67.5. The lowest BCUT2D eigenvalue weighted by Crippen LogP contribution is -2.30. The van der Waals surface area contributed by atoms with E-state index < -0.39 is 97.5 Å². The third-order valence-corrected chi connectivity index (χ3v) is 19.2. The second-order valence-corrected chi connectivity index (χ2v) is 30.3. The van der Waals surface area contributed by atoms with Gasteiger partial charge in [0.2, 0.25) is 0 Å². The summed E-state index contributed by atoms with van der Waals surface area (Å²) in [7, 11) is -9.91. The first-order chi connectivity index (χ1) is 43.7. The molecule has 540 valence electrons. The van der Waals surface area contributed by atoms with E-state index in [9.17, 15) is 43.2 Å². The molecule has 0 saturated carbocycles. The van der Waals surface area contributed by atoms with Crippen LogP contribution in [0.4, 0.5) is 0 Å². The van der Waals surface area contributed by atoms with Crippen molar-refractivity contribution in [3.63, 3.8) is 0 Å². The summed E-state index contributed by atoms with van der Waals surface area (Å²) in [6.07, 6.45) is 44.3. The van der Waals surface area contributed by atoms with Crippen LogP contribution in [-0.4, -0.2) is 96.7 Å². The van der Waals surface area contributed by atoms with Gasteiger partial charge >= 0.3 is 39.5 Å². The van der Waals surface area contributed by atoms with Gasteiger partial charge in [-0.05, 0) is 49.4 Å². The Morgan fingerprint density at radius 1 is 0.308 bits per heavy atom. The third kappa shape index (κ3) is 63.9. The van der Waals surface area contributed by atoms with Gasteiger partial charge in [-0.1, -0.05) is 306 Å². The van der Waals surface area contributed by atoms with Crippen molar-refractivity contribution in [2.75, 3.05) is 39.6 Å². The van der Waals surface area contributed by atoms with Crippen molar-refractivity contribution in [1.29, 1.82) is 0 Å². The number of carbonyl (C=O) groups is 4. The number of phosphoric acid groups is 2. The lowest BCUT2D eigenvalue weighted by Gasteiger charge is -2.21. The van der Waals surface area contributed by atoms with Gasteiger partial charge in [0.05, 0.1) is 26.4 Å². The summed E-state index contributed by atoms with van der Waals surface area (Å²) < 4.78 is 68.4. The molecule has 0 aliphatic heterocycles. The van der Waals surface area contributed by atoms with Crippen LogP contribution < -0.4 is 0 Å². The molecule has 0 heterocycles. The van der Waals surface area contributed by atoms with Gasteiger partial charge < -0.3 is 33.8 Å². The Balaban J connectivity index is 5.28. The number of aliphatic hydroxyl groups is 1. The Hall–Kier alpha value is -1.94. The lowest BCUT2D eigenvalue weighted by atomic mass is 9.99. The zero-order valence-corrected chi connectivity index (χ0v) is 61.3. The normalized spacial score (nSPS) is 14.8. The third-order valence-electron chi connectivity index (χ3n) is 17.3. The van der Waals surface area contributed by atoms with Crippen LogP contribution in [0.15, 0.2) is 0 Å². The molecule has 0 amide bonds. The average molecular weight is 1340 g/mol. The van der Waals surface area contributed by atoms with Gasteiger partial charge in [0, 0.05) is 25.7 Å². The number of carbonyl (C=O) groups excluding carboxylic acids is 4. The highest BCUT2D eigenvalue weighted by Gasteiger charge is 2.30. The molecule has 91 heavy (non-hydrogen) atoms. The van der Waals surface area contributed by atoms with Crippen LogP contribution in [0, 0.1) is 23.7 Å². The highest BCUT2D eigenvalue weighted by molar-refractivity contribution is 7.47. The fourth-order valence-electron chi connectivity index (χ4n) is 10.8. The minimum atomic E-state index is -4.95. The molecule has 0 aromatic heterocycles. The highest BCUT2D eigenvalue weighted by Crippen LogP contribution is 2.45. The molecule has 0 fully saturated rings. The second kappa shape index (κ2) is 61.6. The molecule has 0 radical (unpaired) electrons.